The number of hydrogen-bond donors (Lipinski definition) is 0. The second kappa shape index (κ2) is 16.4. The Balaban J connectivity index is 0.000000598. The van der Waals surface area contributed by atoms with E-state index in [1.807, 2.05) is 82.9 Å². The van der Waals surface area contributed by atoms with E-state index in [2.05, 4.69) is 23.3 Å². The summed E-state index contributed by atoms with van der Waals surface area (Å²) in [6.45, 7) is 5.20. The number of rotatable bonds is 6. The summed E-state index contributed by atoms with van der Waals surface area (Å²) < 4.78 is 6.27. The van der Waals surface area contributed by atoms with Gasteiger partial charge in [0.15, 0.2) is 5.78 Å². The third kappa shape index (κ3) is 8.30. The van der Waals surface area contributed by atoms with Gasteiger partial charge < -0.3 is 9.64 Å². The predicted molar refractivity (Wildman–Crippen MR) is 153 cm³/mol. The molecule has 0 aromatic heterocycles. The van der Waals surface area contributed by atoms with E-state index in [0.29, 0.717) is 19.7 Å². The first-order valence-electron chi connectivity index (χ1n) is 12.7. The number of benzene rings is 1. The summed E-state index contributed by atoms with van der Waals surface area (Å²) >= 11 is 3.47. The first kappa shape index (κ1) is 31.6. The third-order valence-corrected chi connectivity index (χ3v) is 9.18. The van der Waals surface area contributed by atoms with Crippen molar-refractivity contribution < 1.29 is 31.4 Å². The van der Waals surface area contributed by atoms with Crippen LogP contribution in [-0.2, 0) is 26.6 Å². The number of carbonyl (C=O) groups excluding carboxylic acids is 2. The number of hydrogen-bond acceptors (Lipinski definition) is 6. The van der Waals surface area contributed by atoms with Crippen LogP contribution < -0.4 is 0 Å². The fraction of sp³-hybridized carbons (Fsp3) is 0.333. The number of Topliss-reactive ketones (excluding diaryl/α,β-unsaturated/α-hetero) is 1. The van der Waals surface area contributed by atoms with Crippen molar-refractivity contribution in [3.63, 3.8) is 0 Å². The predicted octanol–water partition coefficient (Wildman–Crippen LogP) is 5.58. The average molecular weight is 591 g/mol. The van der Waals surface area contributed by atoms with Gasteiger partial charge in [0, 0.05) is 41.9 Å². The molecule has 5 nitrogen and oxygen atoms in total. The van der Waals surface area contributed by atoms with E-state index in [-0.39, 0.29) is 40.2 Å². The minimum atomic E-state index is -0.224. The van der Waals surface area contributed by atoms with E-state index in [9.17, 15) is 9.59 Å². The molecular formula is C30H34FeN2O3S2+2. The molecule has 0 N–H and O–H groups in total. The number of ketones is 1. The topological polar surface area (TPSA) is 49.9 Å². The molecule has 0 bridgehead atoms. The molecule has 8 heteroatoms. The van der Waals surface area contributed by atoms with E-state index in [0.717, 1.165) is 35.2 Å². The molecule has 2 atom stereocenters. The number of allylic oxidation sites excluding steroid dienone is 1. The minimum absolute atomic E-state index is 0. The summed E-state index contributed by atoms with van der Waals surface area (Å²) in [4.78, 5) is 29.8. The van der Waals surface area contributed by atoms with Crippen LogP contribution in [0.3, 0.4) is 0 Å². The maximum atomic E-state index is 13.5. The molecule has 1 saturated heterocycles. The SMILES string of the molecule is CCOC(=O)N1CCN(C2CC(c3ccccc3)C(C(=O)[C]3[CH][CH][CH][CH]3)=C(SC)S2)CC1.[CH]1[CH][CH][CH][CH]1.[Fe+2]. The standard InChI is InChI=1S/C25H29N2O3S2.C5H5.Fe/c1-3-30-25(29)27-15-13-26(14-16-27)21-17-20(18-9-5-4-6-10-18)22(24(31-2)32-21)23(28)19-11-7-8-12-19;1-2-4-5-3-1;/h4-12,20-21H,3,13-17H2,1-2H3;1-5H;/q;;+2. The first-order chi connectivity index (χ1) is 18.1. The van der Waals surface area contributed by atoms with Crippen LogP contribution in [0, 0.1) is 63.7 Å². The molecule has 10 radical (unpaired) electrons. The van der Waals surface area contributed by atoms with Crippen LogP contribution in [0.25, 0.3) is 0 Å². The fourth-order valence-corrected chi connectivity index (χ4v) is 7.16. The van der Waals surface area contributed by atoms with Gasteiger partial charge in [0.25, 0.3) is 0 Å². The molecular weight excluding hydrogens is 556 g/mol. The molecule has 2 heterocycles. The van der Waals surface area contributed by atoms with E-state index in [1.54, 1.807) is 28.4 Å². The van der Waals surface area contributed by atoms with Gasteiger partial charge >= 0.3 is 23.2 Å². The van der Waals surface area contributed by atoms with E-state index >= 15 is 0 Å². The number of nitrogens with zero attached hydrogens (tertiary/aromatic N) is 2. The first-order valence-corrected chi connectivity index (χ1v) is 14.8. The minimum Gasteiger partial charge on any atom is -0.450 e. The zero-order valence-corrected chi connectivity index (χ0v) is 24.5. The van der Waals surface area contributed by atoms with Gasteiger partial charge in [-0.05, 0) is 83.0 Å². The van der Waals surface area contributed by atoms with Crippen LogP contribution in [0.5, 0.6) is 0 Å². The Morgan fingerprint density at radius 1 is 0.947 bits per heavy atom. The fourth-order valence-electron chi connectivity index (χ4n) is 4.73. The largest absolute Gasteiger partial charge is 2.00 e. The van der Waals surface area contributed by atoms with Crippen LogP contribution >= 0.6 is 23.5 Å². The third-order valence-electron chi connectivity index (χ3n) is 6.61. The van der Waals surface area contributed by atoms with Crippen molar-refractivity contribution in [1.29, 1.82) is 0 Å². The summed E-state index contributed by atoms with van der Waals surface area (Å²) in [5.74, 6) is 0.941. The number of ether oxygens (including phenoxy) is 1. The zero-order valence-electron chi connectivity index (χ0n) is 21.8. The number of amides is 1. The van der Waals surface area contributed by atoms with Crippen LogP contribution in [-0.4, -0.2) is 66.1 Å². The molecule has 1 aromatic rings. The molecule has 2 unspecified atom stereocenters. The van der Waals surface area contributed by atoms with Crippen molar-refractivity contribution in [2.75, 3.05) is 39.0 Å². The Bertz CT molecular complexity index is 904. The summed E-state index contributed by atoms with van der Waals surface area (Å²) in [6.07, 6.45) is 20.4. The van der Waals surface area contributed by atoms with Gasteiger partial charge in [0.05, 0.1) is 17.9 Å². The van der Waals surface area contributed by atoms with E-state index in [1.165, 1.54) is 5.56 Å². The Hall–Kier alpha value is -0.921. The van der Waals surface area contributed by atoms with Gasteiger partial charge in [0.2, 0.25) is 0 Å². The van der Waals surface area contributed by atoms with Crippen molar-refractivity contribution in [3.8, 4) is 0 Å². The second-order valence-electron chi connectivity index (χ2n) is 8.86. The monoisotopic (exact) mass is 590 g/mol. The van der Waals surface area contributed by atoms with Gasteiger partial charge in [-0.1, -0.05) is 42.1 Å². The number of carbonyl (C=O) groups is 2. The van der Waals surface area contributed by atoms with Crippen molar-refractivity contribution in [2.45, 2.75) is 24.6 Å². The van der Waals surface area contributed by atoms with Crippen LogP contribution in [0.1, 0.15) is 24.8 Å². The smallest absolute Gasteiger partial charge is 0.450 e. The number of thioether (sulfide) groups is 2. The molecule has 2 aliphatic carbocycles. The van der Waals surface area contributed by atoms with Gasteiger partial charge in [-0.15, -0.1) is 11.8 Å². The van der Waals surface area contributed by atoms with Gasteiger partial charge in [-0.3, -0.25) is 9.69 Å². The molecule has 200 valence electrons. The Morgan fingerprint density at radius 2 is 1.55 bits per heavy atom. The van der Waals surface area contributed by atoms with Crippen LogP contribution in [0.15, 0.2) is 40.1 Å². The zero-order chi connectivity index (χ0) is 26.0. The van der Waals surface area contributed by atoms with Crippen molar-refractivity contribution in [1.82, 2.24) is 9.80 Å². The Kier molecular flexibility index (Phi) is 13.6. The Morgan fingerprint density at radius 3 is 2.11 bits per heavy atom. The molecule has 0 spiro atoms. The second-order valence-corrected chi connectivity index (χ2v) is 11.1. The molecule has 1 aromatic carbocycles. The quantitative estimate of drug-likeness (QED) is 0.404. The molecule has 1 amide bonds. The van der Waals surface area contributed by atoms with E-state index in [4.69, 9.17) is 4.74 Å². The molecule has 3 fully saturated rings. The number of piperazine rings is 1. The molecule has 2 aliphatic heterocycles. The molecule has 38 heavy (non-hydrogen) atoms. The van der Waals surface area contributed by atoms with Gasteiger partial charge in [0.1, 0.15) is 0 Å². The summed E-state index contributed by atoms with van der Waals surface area (Å²) in [6, 6.07) is 10.4. The Labute approximate surface area is 248 Å². The van der Waals surface area contributed by atoms with E-state index < -0.39 is 0 Å². The van der Waals surface area contributed by atoms with Crippen LogP contribution in [0.2, 0.25) is 0 Å². The maximum absolute atomic E-state index is 13.5. The maximum Gasteiger partial charge on any atom is 2.00 e. The summed E-state index contributed by atoms with van der Waals surface area (Å²) in [5.41, 5.74) is 2.10. The van der Waals surface area contributed by atoms with Crippen molar-refractivity contribution in [2.24, 2.45) is 0 Å². The van der Waals surface area contributed by atoms with Gasteiger partial charge in [-0.25, -0.2) is 4.79 Å². The molecule has 5 rings (SSSR count). The van der Waals surface area contributed by atoms with Crippen LogP contribution in [0.4, 0.5) is 4.79 Å². The molecule has 4 aliphatic rings. The van der Waals surface area contributed by atoms with Crippen molar-refractivity contribution >= 4 is 35.4 Å². The average Bonchev–Trinajstić information content (AvgIpc) is 3.70. The van der Waals surface area contributed by atoms with Crippen molar-refractivity contribution in [3.05, 3.63) is 109 Å². The summed E-state index contributed by atoms with van der Waals surface area (Å²) in [5, 5.41) is 0.267. The van der Waals surface area contributed by atoms with Gasteiger partial charge in [-0.2, -0.15) is 0 Å². The molecule has 2 saturated carbocycles. The summed E-state index contributed by atoms with van der Waals surface area (Å²) in [7, 11) is 0. The normalized spacial score (nSPS) is 24.4.